The normalized spacial score (nSPS) is 21.5. The fourth-order valence-electron chi connectivity index (χ4n) is 1.95. The highest BCUT2D eigenvalue weighted by Gasteiger charge is 2.29. The molecule has 0 aromatic heterocycles. The highest BCUT2D eigenvalue weighted by Crippen LogP contribution is 2.14. The third-order valence-corrected chi connectivity index (χ3v) is 4.78. The molecule has 1 heterocycles. The molecule has 2 rings (SSSR count). The van der Waals surface area contributed by atoms with Gasteiger partial charge >= 0.3 is 6.03 Å². The van der Waals surface area contributed by atoms with E-state index in [4.69, 9.17) is 0 Å². The van der Waals surface area contributed by atoms with Crippen molar-refractivity contribution in [3.05, 3.63) is 30.3 Å². The van der Waals surface area contributed by atoms with E-state index in [1.54, 1.807) is 7.05 Å². The Morgan fingerprint density at radius 1 is 1.33 bits per heavy atom. The fourth-order valence-corrected chi connectivity index (χ4v) is 3.62. The van der Waals surface area contributed by atoms with Crippen LogP contribution in [-0.2, 0) is 9.84 Å². The first-order valence-corrected chi connectivity index (χ1v) is 7.60. The van der Waals surface area contributed by atoms with Crippen LogP contribution in [0.4, 0.5) is 10.5 Å². The molecule has 0 saturated carbocycles. The molecule has 1 aromatic carbocycles. The lowest BCUT2D eigenvalue weighted by molar-refractivity contribution is 0.244. The minimum absolute atomic E-state index is 0.0430. The number of amides is 2. The molecule has 5 nitrogen and oxygen atoms in total. The Balaban J connectivity index is 1.97. The first-order chi connectivity index (χ1) is 8.48. The van der Waals surface area contributed by atoms with Gasteiger partial charge in [-0.2, -0.15) is 0 Å². The van der Waals surface area contributed by atoms with Crippen LogP contribution in [-0.4, -0.2) is 39.0 Å². The van der Waals surface area contributed by atoms with E-state index in [1.165, 1.54) is 4.90 Å². The number of sulfone groups is 1. The number of anilines is 1. The van der Waals surface area contributed by atoms with Crippen molar-refractivity contribution in [3.63, 3.8) is 0 Å². The van der Waals surface area contributed by atoms with Gasteiger partial charge in [0, 0.05) is 18.8 Å². The first kappa shape index (κ1) is 12.9. The maximum atomic E-state index is 11.9. The van der Waals surface area contributed by atoms with Gasteiger partial charge in [-0.1, -0.05) is 18.2 Å². The molecule has 18 heavy (non-hydrogen) atoms. The van der Waals surface area contributed by atoms with Crippen molar-refractivity contribution in [2.75, 3.05) is 23.5 Å². The van der Waals surface area contributed by atoms with E-state index in [2.05, 4.69) is 5.32 Å². The molecule has 2 amide bonds. The van der Waals surface area contributed by atoms with E-state index in [0.29, 0.717) is 6.42 Å². The number of hydrogen-bond donors (Lipinski definition) is 1. The number of urea groups is 1. The fraction of sp³-hybridized carbons (Fsp3) is 0.417. The average Bonchev–Trinajstić information content (AvgIpc) is 2.68. The van der Waals surface area contributed by atoms with Crippen LogP contribution in [0.15, 0.2) is 30.3 Å². The Morgan fingerprint density at radius 2 is 2.00 bits per heavy atom. The van der Waals surface area contributed by atoms with Crippen LogP contribution in [0.25, 0.3) is 0 Å². The number of para-hydroxylation sites is 1. The van der Waals surface area contributed by atoms with E-state index in [-0.39, 0.29) is 23.6 Å². The molecule has 0 bridgehead atoms. The number of nitrogens with one attached hydrogen (secondary N) is 1. The second-order valence-electron chi connectivity index (χ2n) is 4.44. The zero-order valence-corrected chi connectivity index (χ0v) is 11.0. The third kappa shape index (κ3) is 3.01. The standard InChI is InChI=1S/C12H16N2O3S/c1-14(11-5-3-2-4-6-11)12(15)13-10-7-8-18(16,17)9-10/h2-6,10H,7-9H2,1H3,(H,13,15). The highest BCUT2D eigenvalue weighted by molar-refractivity contribution is 7.91. The molecule has 0 spiro atoms. The second-order valence-corrected chi connectivity index (χ2v) is 6.67. The van der Waals surface area contributed by atoms with E-state index in [1.807, 2.05) is 30.3 Å². The Labute approximate surface area is 107 Å². The molecule has 0 aliphatic carbocycles. The van der Waals surface area contributed by atoms with Crippen molar-refractivity contribution in [2.24, 2.45) is 0 Å². The van der Waals surface area contributed by atoms with Crippen molar-refractivity contribution >= 4 is 21.6 Å². The van der Waals surface area contributed by atoms with Crippen LogP contribution in [0.5, 0.6) is 0 Å². The summed E-state index contributed by atoms with van der Waals surface area (Å²) in [6.07, 6.45) is 0.497. The van der Waals surface area contributed by atoms with Crippen LogP contribution in [0.1, 0.15) is 6.42 Å². The molecular weight excluding hydrogens is 252 g/mol. The number of nitrogens with zero attached hydrogens (tertiary/aromatic N) is 1. The lowest BCUT2D eigenvalue weighted by Crippen LogP contribution is -2.43. The van der Waals surface area contributed by atoms with Crippen LogP contribution >= 0.6 is 0 Å². The molecule has 1 saturated heterocycles. The minimum Gasteiger partial charge on any atom is -0.334 e. The van der Waals surface area contributed by atoms with Crippen LogP contribution in [0.3, 0.4) is 0 Å². The zero-order valence-electron chi connectivity index (χ0n) is 10.2. The van der Waals surface area contributed by atoms with Gasteiger partial charge in [-0.25, -0.2) is 13.2 Å². The number of carbonyl (C=O) groups excluding carboxylic acids is 1. The van der Waals surface area contributed by atoms with Gasteiger partial charge in [-0.3, -0.25) is 4.90 Å². The van der Waals surface area contributed by atoms with Crippen molar-refractivity contribution in [2.45, 2.75) is 12.5 Å². The molecular formula is C12H16N2O3S. The number of hydrogen-bond acceptors (Lipinski definition) is 3. The van der Waals surface area contributed by atoms with Gasteiger partial charge in [0.15, 0.2) is 9.84 Å². The summed E-state index contributed by atoms with van der Waals surface area (Å²) in [5.74, 6) is 0.203. The van der Waals surface area contributed by atoms with Crippen molar-refractivity contribution in [1.29, 1.82) is 0 Å². The number of benzene rings is 1. The van der Waals surface area contributed by atoms with E-state index >= 15 is 0 Å². The minimum atomic E-state index is -2.96. The molecule has 1 unspecified atom stereocenters. The molecule has 98 valence electrons. The van der Waals surface area contributed by atoms with Gasteiger partial charge in [0.05, 0.1) is 11.5 Å². The predicted molar refractivity (Wildman–Crippen MR) is 70.4 cm³/mol. The Morgan fingerprint density at radius 3 is 2.56 bits per heavy atom. The monoisotopic (exact) mass is 268 g/mol. The Bertz CT molecular complexity index is 528. The quantitative estimate of drug-likeness (QED) is 0.871. The van der Waals surface area contributed by atoms with Gasteiger partial charge in [-0.05, 0) is 18.6 Å². The van der Waals surface area contributed by atoms with Gasteiger partial charge in [-0.15, -0.1) is 0 Å². The average molecular weight is 268 g/mol. The summed E-state index contributed by atoms with van der Waals surface area (Å²) in [5, 5.41) is 2.74. The van der Waals surface area contributed by atoms with Gasteiger partial charge in [0.25, 0.3) is 0 Å². The first-order valence-electron chi connectivity index (χ1n) is 5.78. The van der Waals surface area contributed by atoms with Crippen LogP contribution in [0.2, 0.25) is 0 Å². The molecule has 0 radical (unpaired) electrons. The topological polar surface area (TPSA) is 66.5 Å². The summed E-state index contributed by atoms with van der Waals surface area (Å²) < 4.78 is 22.6. The van der Waals surface area contributed by atoms with E-state index in [9.17, 15) is 13.2 Å². The number of carbonyl (C=O) groups is 1. The second kappa shape index (κ2) is 4.97. The van der Waals surface area contributed by atoms with Crippen molar-refractivity contribution < 1.29 is 13.2 Å². The predicted octanol–water partition coefficient (Wildman–Crippen LogP) is 1.02. The molecule has 1 fully saturated rings. The maximum absolute atomic E-state index is 11.9. The summed E-state index contributed by atoms with van der Waals surface area (Å²) in [5.41, 5.74) is 0.774. The summed E-state index contributed by atoms with van der Waals surface area (Å²) in [6.45, 7) is 0. The Kier molecular flexibility index (Phi) is 3.56. The Hall–Kier alpha value is -1.56. The van der Waals surface area contributed by atoms with Gasteiger partial charge in [0.1, 0.15) is 0 Å². The summed E-state index contributed by atoms with van der Waals surface area (Å²) in [7, 11) is -1.30. The number of rotatable bonds is 2. The largest absolute Gasteiger partial charge is 0.334 e. The van der Waals surface area contributed by atoms with Crippen molar-refractivity contribution in [1.82, 2.24) is 5.32 Å². The summed E-state index contributed by atoms with van der Waals surface area (Å²) >= 11 is 0. The van der Waals surface area contributed by atoms with Crippen molar-refractivity contribution in [3.8, 4) is 0 Å². The molecule has 1 atom stereocenters. The van der Waals surface area contributed by atoms with E-state index in [0.717, 1.165) is 5.69 Å². The summed E-state index contributed by atoms with van der Waals surface area (Å²) in [6, 6.07) is 8.67. The van der Waals surface area contributed by atoms with Gasteiger partial charge in [0.2, 0.25) is 0 Å². The molecule has 1 aliphatic rings. The van der Waals surface area contributed by atoms with E-state index < -0.39 is 9.84 Å². The SMILES string of the molecule is CN(C(=O)NC1CCS(=O)(=O)C1)c1ccccc1. The maximum Gasteiger partial charge on any atom is 0.321 e. The third-order valence-electron chi connectivity index (χ3n) is 3.01. The highest BCUT2D eigenvalue weighted by atomic mass is 32.2. The smallest absolute Gasteiger partial charge is 0.321 e. The zero-order chi connectivity index (χ0) is 13.2. The molecule has 1 aromatic rings. The molecule has 6 heteroatoms. The lowest BCUT2D eigenvalue weighted by Gasteiger charge is -2.20. The van der Waals surface area contributed by atoms with Crippen LogP contribution in [0, 0.1) is 0 Å². The summed E-state index contributed by atoms with van der Waals surface area (Å²) in [4.78, 5) is 13.4. The lowest BCUT2D eigenvalue weighted by atomic mass is 10.2. The molecule has 1 aliphatic heterocycles. The van der Waals surface area contributed by atoms with Gasteiger partial charge < -0.3 is 5.32 Å². The van der Waals surface area contributed by atoms with Crippen LogP contribution < -0.4 is 10.2 Å². The molecule has 1 N–H and O–H groups in total.